The maximum absolute atomic E-state index is 10.2. The lowest BCUT2D eigenvalue weighted by molar-refractivity contribution is 0.115. The molecule has 2 heterocycles. The van der Waals surface area contributed by atoms with Crippen LogP contribution < -0.4 is 14.8 Å². The highest BCUT2D eigenvalue weighted by Crippen LogP contribution is 2.32. The number of ether oxygens (including phenoxy) is 2. The number of imidazole rings is 1. The van der Waals surface area contributed by atoms with Crippen LogP contribution in [-0.2, 0) is 6.54 Å². The number of hydrogen-bond donors (Lipinski definition) is 2. The number of methoxy groups -OCH3 is 2. The molecule has 5 rings (SSSR count). The lowest BCUT2D eigenvalue weighted by atomic mass is 9.93. The van der Waals surface area contributed by atoms with Gasteiger partial charge in [-0.1, -0.05) is 18.9 Å². The molecule has 0 bridgehead atoms. The van der Waals surface area contributed by atoms with E-state index in [1.165, 1.54) is 0 Å². The summed E-state index contributed by atoms with van der Waals surface area (Å²) in [6.45, 7) is 0.632. The first kappa shape index (κ1) is 19.7. The van der Waals surface area contributed by atoms with Gasteiger partial charge in [0.2, 0.25) is 0 Å². The van der Waals surface area contributed by atoms with E-state index in [2.05, 4.69) is 19.9 Å². The van der Waals surface area contributed by atoms with E-state index in [1.54, 1.807) is 14.2 Å². The van der Waals surface area contributed by atoms with Crippen LogP contribution in [-0.4, -0.2) is 46.0 Å². The van der Waals surface area contributed by atoms with E-state index in [-0.39, 0.29) is 12.1 Å². The molecular weight excluding hydrogens is 396 g/mol. The number of aliphatic hydroxyl groups is 1. The van der Waals surface area contributed by atoms with Crippen molar-refractivity contribution < 1.29 is 19.0 Å². The fourth-order valence-corrected chi connectivity index (χ4v) is 4.28. The standard InChI is InChI=1S/C23H26N4O4/c1-29-21-10-17-18(11-22(21)30-2)27(13-24-17)12-14-7-8-16-20(9-14)31-23(26-16)25-15-5-3-4-6-19(15)28/h7-11,13,15,19,28H,3-6,12H2,1-2H3,(H,25,26)/t15-,19-/m1/s1. The number of nitrogens with zero attached hydrogens (tertiary/aromatic N) is 3. The van der Waals surface area contributed by atoms with Crippen LogP contribution in [0.5, 0.6) is 11.5 Å². The van der Waals surface area contributed by atoms with Crippen molar-refractivity contribution in [2.75, 3.05) is 19.5 Å². The van der Waals surface area contributed by atoms with Crippen molar-refractivity contribution in [1.82, 2.24) is 14.5 Å². The van der Waals surface area contributed by atoms with Crippen molar-refractivity contribution in [2.24, 2.45) is 0 Å². The third kappa shape index (κ3) is 3.79. The van der Waals surface area contributed by atoms with Gasteiger partial charge in [-0.25, -0.2) is 4.98 Å². The zero-order valence-corrected chi connectivity index (χ0v) is 17.7. The Morgan fingerprint density at radius 2 is 1.90 bits per heavy atom. The van der Waals surface area contributed by atoms with E-state index in [0.29, 0.717) is 29.6 Å². The molecule has 1 aliphatic rings. The number of aliphatic hydroxyl groups excluding tert-OH is 1. The molecule has 0 amide bonds. The smallest absolute Gasteiger partial charge is 0.295 e. The van der Waals surface area contributed by atoms with E-state index in [1.807, 2.05) is 36.7 Å². The topological polar surface area (TPSA) is 94.6 Å². The summed E-state index contributed by atoms with van der Waals surface area (Å²) in [5.74, 6) is 1.33. The van der Waals surface area contributed by atoms with Gasteiger partial charge >= 0.3 is 0 Å². The normalized spacial score (nSPS) is 19.1. The summed E-state index contributed by atoms with van der Waals surface area (Å²) in [6, 6.07) is 10.3. The second-order valence-electron chi connectivity index (χ2n) is 7.99. The van der Waals surface area contributed by atoms with E-state index in [9.17, 15) is 5.11 Å². The Morgan fingerprint density at radius 1 is 1.10 bits per heavy atom. The number of hydrogen-bond acceptors (Lipinski definition) is 7. The van der Waals surface area contributed by atoms with Crippen LogP contribution >= 0.6 is 0 Å². The number of oxazole rings is 1. The van der Waals surface area contributed by atoms with Gasteiger partial charge < -0.3 is 28.9 Å². The van der Waals surface area contributed by atoms with Gasteiger partial charge in [-0.3, -0.25) is 0 Å². The molecule has 2 atom stereocenters. The number of rotatable bonds is 6. The number of benzene rings is 2. The minimum atomic E-state index is -0.357. The quantitative estimate of drug-likeness (QED) is 0.486. The summed E-state index contributed by atoms with van der Waals surface area (Å²) >= 11 is 0. The second-order valence-corrected chi connectivity index (χ2v) is 7.99. The number of anilines is 1. The first-order valence-electron chi connectivity index (χ1n) is 10.6. The first-order valence-corrected chi connectivity index (χ1v) is 10.6. The third-order valence-electron chi connectivity index (χ3n) is 5.97. The van der Waals surface area contributed by atoms with Gasteiger partial charge in [0, 0.05) is 18.7 Å². The Balaban J connectivity index is 1.39. The molecule has 2 aromatic carbocycles. The van der Waals surface area contributed by atoms with Crippen molar-refractivity contribution in [3.63, 3.8) is 0 Å². The maximum Gasteiger partial charge on any atom is 0.295 e. The van der Waals surface area contributed by atoms with Gasteiger partial charge in [0.05, 0.1) is 43.7 Å². The van der Waals surface area contributed by atoms with Gasteiger partial charge in [0.25, 0.3) is 6.01 Å². The van der Waals surface area contributed by atoms with Crippen molar-refractivity contribution in [2.45, 2.75) is 44.4 Å². The Labute approximate surface area is 179 Å². The predicted molar refractivity (Wildman–Crippen MR) is 118 cm³/mol. The Hall–Kier alpha value is -3.26. The summed E-state index contributed by atoms with van der Waals surface area (Å²) in [7, 11) is 3.24. The molecule has 2 aromatic heterocycles. The predicted octanol–water partition coefficient (Wildman–Crippen LogP) is 3.96. The fourth-order valence-electron chi connectivity index (χ4n) is 4.28. The molecule has 4 aromatic rings. The molecule has 162 valence electrons. The largest absolute Gasteiger partial charge is 0.493 e. The lowest BCUT2D eigenvalue weighted by Gasteiger charge is -2.27. The summed E-state index contributed by atoms with van der Waals surface area (Å²) in [5, 5.41) is 13.5. The highest BCUT2D eigenvalue weighted by Gasteiger charge is 2.24. The number of fused-ring (bicyclic) bond motifs is 2. The van der Waals surface area contributed by atoms with Crippen LogP contribution in [0.4, 0.5) is 6.01 Å². The maximum atomic E-state index is 10.2. The molecule has 0 radical (unpaired) electrons. The minimum Gasteiger partial charge on any atom is -0.493 e. The molecule has 1 saturated carbocycles. The molecule has 2 N–H and O–H groups in total. The zero-order valence-electron chi connectivity index (χ0n) is 17.7. The molecule has 0 spiro atoms. The van der Waals surface area contributed by atoms with Gasteiger partial charge in [0.15, 0.2) is 17.1 Å². The van der Waals surface area contributed by atoms with E-state index in [4.69, 9.17) is 13.9 Å². The van der Waals surface area contributed by atoms with Gasteiger partial charge in [-0.2, -0.15) is 4.98 Å². The van der Waals surface area contributed by atoms with Crippen molar-refractivity contribution in [3.8, 4) is 11.5 Å². The van der Waals surface area contributed by atoms with Crippen LogP contribution in [0.15, 0.2) is 41.1 Å². The van der Waals surface area contributed by atoms with Crippen LogP contribution in [0, 0.1) is 0 Å². The highest BCUT2D eigenvalue weighted by atomic mass is 16.5. The van der Waals surface area contributed by atoms with Crippen molar-refractivity contribution >= 4 is 28.1 Å². The third-order valence-corrected chi connectivity index (χ3v) is 5.97. The average molecular weight is 422 g/mol. The van der Waals surface area contributed by atoms with E-state index >= 15 is 0 Å². The molecule has 31 heavy (non-hydrogen) atoms. The zero-order chi connectivity index (χ0) is 21.4. The summed E-state index contributed by atoms with van der Waals surface area (Å²) < 4.78 is 18.8. The highest BCUT2D eigenvalue weighted by molar-refractivity contribution is 5.80. The number of nitrogens with one attached hydrogen (secondary N) is 1. The van der Waals surface area contributed by atoms with Crippen LogP contribution in [0.25, 0.3) is 22.1 Å². The Kier molecular flexibility index (Phi) is 5.15. The fraction of sp³-hybridized carbons (Fsp3) is 0.391. The molecule has 1 aliphatic carbocycles. The summed E-state index contributed by atoms with van der Waals surface area (Å²) in [5.41, 5.74) is 4.38. The molecular formula is C23H26N4O4. The van der Waals surface area contributed by atoms with Crippen molar-refractivity contribution in [1.29, 1.82) is 0 Å². The van der Waals surface area contributed by atoms with E-state index in [0.717, 1.165) is 47.8 Å². The molecule has 0 aliphatic heterocycles. The SMILES string of the molecule is COc1cc2ncn(Cc3ccc4nc(N[C@@H]5CCCC[C@H]5O)oc4c3)c2cc1OC. The summed E-state index contributed by atoms with van der Waals surface area (Å²) in [6.07, 6.45) is 5.37. The Morgan fingerprint density at radius 3 is 2.71 bits per heavy atom. The first-order chi connectivity index (χ1) is 15.1. The monoisotopic (exact) mass is 422 g/mol. The minimum absolute atomic E-state index is 0.00873. The average Bonchev–Trinajstić information content (AvgIpc) is 3.37. The van der Waals surface area contributed by atoms with Crippen LogP contribution in [0.2, 0.25) is 0 Å². The molecule has 8 nitrogen and oxygen atoms in total. The molecule has 0 unspecified atom stereocenters. The van der Waals surface area contributed by atoms with Gasteiger partial charge in [-0.15, -0.1) is 0 Å². The number of aromatic nitrogens is 3. The Bertz CT molecular complexity index is 1220. The van der Waals surface area contributed by atoms with Crippen molar-refractivity contribution in [3.05, 3.63) is 42.2 Å². The second kappa shape index (κ2) is 8.11. The molecule has 0 saturated heterocycles. The molecule has 1 fully saturated rings. The van der Waals surface area contributed by atoms with Crippen LogP contribution in [0.1, 0.15) is 31.2 Å². The summed E-state index contributed by atoms with van der Waals surface area (Å²) in [4.78, 5) is 9.03. The van der Waals surface area contributed by atoms with Gasteiger partial charge in [-0.05, 0) is 30.5 Å². The van der Waals surface area contributed by atoms with Gasteiger partial charge in [0.1, 0.15) is 5.52 Å². The lowest BCUT2D eigenvalue weighted by Crippen LogP contribution is -2.36. The molecule has 8 heteroatoms. The van der Waals surface area contributed by atoms with E-state index < -0.39 is 0 Å². The van der Waals surface area contributed by atoms with Crippen LogP contribution in [0.3, 0.4) is 0 Å².